The highest BCUT2D eigenvalue weighted by atomic mass is 79.9. The molecule has 15 heavy (non-hydrogen) atoms. The Kier molecular flexibility index (Phi) is 2.93. The van der Waals surface area contributed by atoms with Gasteiger partial charge in [-0.25, -0.2) is 4.98 Å². The molecule has 4 nitrogen and oxygen atoms in total. The van der Waals surface area contributed by atoms with Crippen LogP contribution in [0, 0.1) is 0 Å². The first kappa shape index (κ1) is 10.4. The van der Waals surface area contributed by atoms with Crippen LogP contribution < -0.4 is 5.73 Å². The molecule has 1 unspecified atom stereocenters. The smallest absolute Gasteiger partial charge is 0.263 e. The van der Waals surface area contributed by atoms with Crippen molar-refractivity contribution < 1.29 is 8.83 Å². The summed E-state index contributed by atoms with van der Waals surface area (Å²) in [6.07, 6.45) is 2.35. The van der Waals surface area contributed by atoms with E-state index in [4.69, 9.17) is 14.6 Å². The number of hydrogen-bond acceptors (Lipinski definition) is 4. The Morgan fingerprint density at radius 3 is 2.87 bits per heavy atom. The van der Waals surface area contributed by atoms with Crippen molar-refractivity contribution in [2.75, 3.05) is 0 Å². The zero-order chi connectivity index (χ0) is 10.8. The lowest BCUT2D eigenvalue weighted by atomic mass is 10.2. The second kappa shape index (κ2) is 4.20. The molecule has 5 heteroatoms. The summed E-state index contributed by atoms with van der Waals surface area (Å²) < 4.78 is 11.5. The van der Waals surface area contributed by atoms with Crippen molar-refractivity contribution in [1.82, 2.24) is 4.98 Å². The first-order valence-electron chi connectivity index (χ1n) is 4.61. The van der Waals surface area contributed by atoms with E-state index in [-0.39, 0.29) is 6.04 Å². The summed E-state index contributed by atoms with van der Waals surface area (Å²) in [5.74, 6) is 1.86. The zero-order valence-corrected chi connectivity index (χ0v) is 9.82. The number of nitrogens with two attached hydrogens (primary N) is 1. The molecule has 0 aliphatic carbocycles. The number of oxazole rings is 1. The SMILES string of the molecule is CC(N)Cc1cnc(-c2ccc(Br)o2)o1. The minimum atomic E-state index is 0.0640. The lowest BCUT2D eigenvalue weighted by Gasteiger charge is -1.98. The Hall–Kier alpha value is -1.07. The van der Waals surface area contributed by atoms with E-state index in [0.29, 0.717) is 22.7 Å². The number of hydrogen-bond donors (Lipinski definition) is 1. The van der Waals surface area contributed by atoms with Crippen molar-refractivity contribution >= 4 is 15.9 Å². The molecule has 2 rings (SSSR count). The predicted octanol–water partition coefficient (Wildman–Crippen LogP) is 2.59. The van der Waals surface area contributed by atoms with Gasteiger partial charge in [0.25, 0.3) is 5.89 Å². The van der Waals surface area contributed by atoms with Gasteiger partial charge in [-0.05, 0) is 35.0 Å². The van der Waals surface area contributed by atoms with Crippen molar-refractivity contribution in [1.29, 1.82) is 0 Å². The fraction of sp³-hybridized carbons (Fsp3) is 0.300. The molecule has 0 aliphatic rings. The largest absolute Gasteiger partial charge is 0.444 e. The van der Waals surface area contributed by atoms with Crippen molar-refractivity contribution in [2.24, 2.45) is 5.73 Å². The van der Waals surface area contributed by atoms with E-state index < -0.39 is 0 Å². The molecule has 0 spiro atoms. The van der Waals surface area contributed by atoms with Crippen LogP contribution >= 0.6 is 15.9 Å². The van der Waals surface area contributed by atoms with Crippen LogP contribution in [0.3, 0.4) is 0 Å². The molecule has 2 heterocycles. The summed E-state index contributed by atoms with van der Waals surface area (Å²) in [5.41, 5.74) is 5.66. The van der Waals surface area contributed by atoms with Crippen LogP contribution in [0.4, 0.5) is 0 Å². The molecule has 0 amide bonds. The number of halogens is 1. The van der Waals surface area contributed by atoms with Gasteiger partial charge in [0.05, 0.1) is 6.20 Å². The fourth-order valence-electron chi connectivity index (χ4n) is 1.26. The summed E-state index contributed by atoms with van der Waals surface area (Å²) >= 11 is 3.22. The van der Waals surface area contributed by atoms with Gasteiger partial charge in [0, 0.05) is 12.5 Å². The molecule has 2 aromatic heterocycles. The molecule has 0 fully saturated rings. The van der Waals surface area contributed by atoms with E-state index in [1.807, 2.05) is 6.92 Å². The van der Waals surface area contributed by atoms with Gasteiger partial charge < -0.3 is 14.6 Å². The van der Waals surface area contributed by atoms with Gasteiger partial charge in [-0.1, -0.05) is 0 Å². The Balaban J connectivity index is 2.20. The van der Waals surface area contributed by atoms with Crippen LogP contribution in [0.1, 0.15) is 12.7 Å². The maximum absolute atomic E-state index is 5.66. The van der Waals surface area contributed by atoms with Gasteiger partial charge in [0.1, 0.15) is 5.76 Å². The van der Waals surface area contributed by atoms with E-state index in [1.54, 1.807) is 18.3 Å². The standard InChI is InChI=1S/C10H11BrN2O2/c1-6(12)4-7-5-13-10(14-7)8-2-3-9(11)15-8/h2-3,5-6H,4,12H2,1H3. The Morgan fingerprint density at radius 2 is 2.27 bits per heavy atom. The number of aromatic nitrogens is 1. The third-order valence-electron chi connectivity index (χ3n) is 1.86. The molecule has 0 aromatic carbocycles. The molecule has 80 valence electrons. The van der Waals surface area contributed by atoms with Crippen LogP contribution in [0.2, 0.25) is 0 Å². The predicted molar refractivity (Wildman–Crippen MR) is 59.3 cm³/mol. The molecule has 0 saturated heterocycles. The maximum Gasteiger partial charge on any atom is 0.263 e. The van der Waals surface area contributed by atoms with E-state index in [0.717, 1.165) is 5.76 Å². The number of rotatable bonds is 3. The normalized spacial score (nSPS) is 13.0. The van der Waals surface area contributed by atoms with Crippen molar-refractivity contribution in [3.63, 3.8) is 0 Å². The minimum absolute atomic E-state index is 0.0640. The van der Waals surface area contributed by atoms with Gasteiger partial charge in [-0.3, -0.25) is 0 Å². The van der Waals surface area contributed by atoms with E-state index in [9.17, 15) is 0 Å². The Morgan fingerprint density at radius 1 is 1.47 bits per heavy atom. The molecule has 2 aromatic rings. The third kappa shape index (κ3) is 2.49. The van der Waals surface area contributed by atoms with Crippen molar-refractivity contribution in [3.05, 3.63) is 28.8 Å². The summed E-state index contributed by atoms with van der Waals surface area (Å²) in [6.45, 7) is 1.92. The Bertz CT molecular complexity index is 448. The maximum atomic E-state index is 5.66. The second-order valence-electron chi connectivity index (χ2n) is 3.42. The van der Waals surface area contributed by atoms with E-state index in [1.165, 1.54) is 0 Å². The highest BCUT2D eigenvalue weighted by Crippen LogP contribution is 2.24. The number of furan rings is 1. The minimum Gasteiger partial charge on any atom is -0.444 e. The molecule has 0 bridgehead atoms. The highest BCUT2D eigenvalue weighted by molar-refractivity contribution is 9.10. The summed E-state index contributed by atoms with van der Waals surface area (Å²) in [7, 11) is 0. The number of nitrogens with zero attached hydrogens (tertiary/aromatic N) is 1. The third-order valence-corrected chi connectivity index (χ3v) is 2.29. The van der Waals surface area contributed by atoms with Gasteiger partial charge in [0.15, 0.2) is 10.4 Å². The monoisotopic (exact) mass is 270 g/mol. The van der Waals surface area contributed by atoms with E-state index in [2.05, 4.69) is 20.9 Å². The molecular formula is C10H11BrN2O2. The summed E-state index contributed by atoms with van der Waals surface area (Å²) in [4.78, 5) is 4.12. The van der Waals surface area contributed by atoms with Crippen LogP contribution in [-0.4, -0.2) is 11.0 Å². The molecule has 0 radical (unpaired) electrons. The fourth-order valence-corrected chi connectivity index (χ4v) is 1.57. The highest BCUT2D eigenvalue weighted by Gasteiger charge is 2.11. The summed E-state index contributed by atoms with van der Waals surface area (Å²) in [6, 6.07) is 3.66. The lowest BCUT2D eigenvalue weighted by Crippen LogP contribution is -2.17. The van der Waals surface area contributed by atoms with Crippen LogP contribution in [-0.2, 0) is 6.42 Å². The van der Waals surface area contributed by atoms with Crippen LogP contribution in [0.15, 0.2) is 31.8 Å². The van der Waals surface area contributed by atoms with Crippen molar-refractivity contribution in [3.8, 4) is 11.7 Å². The molecular weight excluding hydrogens is 260 g/mol. The average Bonchev–Trinajstić information content (AvgIpc) is 2.72. The molecule has 2 N–H and O–H groups in total. The molecule has 0 saturated carbocycles. The topological polar surface area (TPSA) is 65.2 Å². The first-order chi connectivity index (χ1) is 7.15. The molecule has 1 atom stereocenters. The van der Waals surface area contributed by atoms with Crippen LogP contribution in [0.5, 0.6) is 0 Å². The quantitative estimate of drug-likeness (QED) is 0.931. The second-order valence-corrected chi connectivity index (χ2v) is 4.20. The van der Waals surface area contributed by atoms with Gasteiger partial charge in [0.2, 0.25) is 0 Å². The van der Waals surface area contributed by atoms with Gasteiger partial charge in [-0.15, -0.1) is 0 Å². The van der Waals surface area contributed by atoms with Crippen molar-refractivity contribution in [2.45, 2.75) is 19.4 Å². The van der Waals surface area contributed by atoms with Gasteiger partial charge in [-0.2, -0.15) is 0 Å². The zero-order valence-electron chi connectivity index (χ0n) is 8.24. The first-order valence-corrected chi connectivity index (χ1v) is 5.40. The average molecular weight is 271 g/mol. The van der Waals surface area contributed by atoms with Gasteiger partial charge >= 0.3 is 0 Å². The van der Waals surface area contributed by atoms with E-state index >= 15 is 0 Å². The molecule has 0 aliphatic heterocycles. The lowest BCUT2D eigenvalue weighted by molar-refractivity contribution is 0.470. The Labute approximate surface area is 95.6 Å². The van der Waals surface area contributed by atoms with Crippen LogP contribution in [0.25, 0.3) is 11.7 Å². The summed E-state index contributed by atoms with van der Waals surface area (Å²) in [5, 5.41) is 0.